The molecule has 0 saturated heterocycles. The van der Waals surface area contributed by atoms with Gasteiger partial charge in [-0.05, 0) is 17.7 Å². The molecule has 0 aliphatic carbocycles. The monoisotopic (exact) mass is 237 g/mol. The van der Waals surface area contributed by atoms with E-state index >= 15 is 0 Å². The van der Waals surface area contributed by atoms with Crippen molar-refractivity contribution in [3.8, 4) is 0 Å². The molecule has 1 nitrogen and oxygen atoms in total. The lowest BCUT2D eigenvalue weighted by Crippen LogP contribution is -2.08. The largest absolute Gasteiger partial charge is 0.416 e. The third-order valence-electron chi connectivity index (χ3n) is 1.88. The fourth-order valence-corrected chi connectivity index (χ4v) is 1.03. The molecule has 1 rings (SSSR count). The average molecular weight is 238 g/mol. The number of hydrogen-bond acceptors (Lipinski definition) is 1. The van der Waals surface area contributed by atoms with Crippen molar-refractivity contribution in [1.29, 1.82) is 0 Å². The molecule has 0 aromatic heterocycles. The number of benzene rings is 1. The summed E-state index contributed by atoms with van der Waals surface area (Å²) in [6.45, 7) is 3.46. The molecule has 0 bridgehead atoms. The SMILES string of the molecule is C=CC(N)c1ccc(C(F)(F)F)cc1.Cl. The van der Waals surface area contributed by atoms with Crippen molar-refractivity contribution >= 4 is 12.4 Å². The van der Waals surface area contributed by atoms with Gasteiger partial charge in [-0.3, -0.25) is 0 Å². The van der Waals surface area contributed by atoms with Crippen molar-refractivity contribution in [2.24, 2.45) is 5.73 Å². The average Bonchev–Trinajstić information content (AvgIpc) is 2.15. The summed E-state index contributed by atoms with van der Waals surface area (Å²) in [6, 6.07) is 4.32. The van der Waals surface area contributed by atoms with Crippen molar-refractivity contribution in [2.45, 2.75) is 12.2 Å². The number of alkyl halides is 3. The van der Waals surface area contributed by atoms with Gasteiger partial charge in [0.05, 0.1) is 5.56 Å². The van der Waals surface area contributed by atoms with Gasteiger partial charge < -0.3 is 5.73 Å². The van der Waals surface area contributed by atoms with E-state index in [-0.39, 0.29) is 12.4 Å². The molecule has 1 aromatic rings. The molecule has 84 valence electrons. The smallest absolute Gasteiger partial charge is 0.321 e. The van der Waals surface area contributed by atoms with E-state index in [1.807, 2.05) is 0 Å². The van der Waals surface area contributed by atoms with Gasteiger partial charge in [-0.2, -0.15) is 13.2 Å². The quantitative estimate of drug-likeness (QED) is 0.785. The summed E-state index contributed by atoms with van der Waals surface area (Å²) in [5, 5.41) is 0. The van der Waals surface area contributed by atoms with Gasteiger partial charge in [-0.1, -0.05) is 18.2 Å². The predicted molar refractivity (Wildman–Crippen MR) is 55.8 cm³/mol. The number of hydrogen-bond donors (Lipinski definition) is 1. The van der Waals surface area contributed by atoms with Crippen molar-refractivity contribution in [3.05, 3.63) is 48.0 Å². The summed E-state index contributed by atoms with van der Waals surface area (Å²) in [5.41, 5.74) is 5.50. The van der Waals surface area contributed by atoms with Crippen molar-refractivity contribution in [2.75, 3.05) is 0 Å². The van der Waals surface area contributed by atoms with Crippen LogP contribution in [0.1, 0.15) is 17.2 Å². The second kappa shape index (κ2) is 5.19. The zero-order valence-electron chi connectivity index (χ0n) is 7.79. The first-order chi connectivity index (χ1) is 6.45. The highest BCUT2D eigenvalue weighted by molar-refractivity contribution is 5.85. The minimum atomic E-state index is -4.29. The Morgan fingerprint density at radius 2 is 1.67 bits per heavy atom. The van der Waals surface area contributed by atoms with E-state index in [2.05, 4.69) is 6.58 Å². The van der Waals surface area contributed by atoms with Gasteiger partial charge in [0, 0.05) is 6.04 Å². The van der Waals surface area contributed by atoms with Crippen LogP contribution in [0.4, 0.5) is 13.2 Å². The van der Waals surface area contributed by atoms with Crippen LogP contribution in [-0.4, -0.2) is 0 Å². The third-order valence-corrected chi connectivity index (χ3v) is 1.88. The predicted octanol–water partition coefficient (Wildman–Crippen LogP) is 3.31. The van der Waals surface area contributed by atoms with Gasteiger partial charge in [0.2, 0.25) is 0 Å². The first kappa shape index (κ1) is 14.0. The molecule has 0 amide bonds. The van der Waals surface area contributed by atoms with Gasteiger partial charge >= 0.3 is 6.18 Å². The highest BCUT2D eigenvalue weighted by Crippen LogP contribution is 2.29. The lowest BCUT2D eigenvalue weighted by Gasteiger charge is -2.09. The maximum Gasteiger partial charge on any atom is 0.416 e. The molecule has 1 aromatic carbocycles. The summed E-state index contributed by atoms with van der Waals surface area (Å²) in [6.07, 6.45) is -2.82. The molecule has 1 atom stereocenters. The zero-order valence-corrected chi connectivity index (χ0v) is 8.61. The molecular weight excluding hydrogens is 227 g/mol. The molecule has 0 saturated carbocycles. The Bertz CT molecular complexity index is 318. The van der Waals surface area contributed by atoms with Gasteiger partial charge in [0.15, 0.2) is 0 Å². The number of halogens is 4. The molecule has 0 radical (unpaired) electrons. The topological polar surface area (TPSA) is 26.0 Å². The minimum Gasteiger partial charge on any atom is -0.321 e. The highest BCUT2D eigenvalue weighted by atomic mass is 35.5. The maximum atomic E-state index is 12.2. The van der Waals surface area contributed by atoms with Crippen LogP contribution in [0.3, 0.4) is 0 Å². The van der Waals surface area contributed by atoms with Crippen LogP contribution in [-0.2, 0) is 6.18 Å². The van der Waals surface area contributed by atoms with Crippen molar-refractivity contribution in [3.63, 3.8) is 0 Å². The Labute approximate surface area is 92.2 Å². The fourth-order valence-electron chi connectivity index (χ4n) is 1.03. The van der Waals surface area contributed by atoms with E-state index in [1.54, 1.807) is 0 Å². The normalized spacial score (nSPS) is 12.8. The molecule has 0 aliphatic heterocycles. The first-order valence-corrected chi connectivity index (χ1v) is 4.00. The lowest BCUT2D eigenvalue weighted by atomic mass is 10.1. The molecule has 0 fully saturated rings. The van der Waals surface area contributed by atoms with Gasteiger partial charge in [-0.15, -0.1) is 19.0 Å². The Morgan fingerprint density at radius 1 is 1.20 bits per heavy atom. The Morgan fingerprint density at radius 3 is 2.00 bits per heavy atom. The minimum absolute atomic E-state index is 0. The van der Waals surface area contributed by atoms with Crippen molar-refractivity contribution in [1.82, 2.24) is 0 Å². The highest BCUT2D eigenvalue weighted by Gasteiger charge is 2.29. The van der Waals surface area contributed by atoms with E-state index in [0.717, 1.165) is 12.1 Å². The second-order valence-electron chi connectivity index (χ2n) is 2.88. The van der Waals surface area contributed by atoms with Crippen LogP contribution >= 0.6 is 12.4 Å². The summed E-state index contributed by atoms with van der Waals surface area (Å²) in [7, 11) is 0. The zero-order chi connectivity index (χ0) is 10.8. The molecule has 0 heterocycles. The summed E-state index contributed by atoms with van der Waals surface area (Å²) >= 11 is 0. The first-order valence-electron chi connectivity index (χ1n) is 4.00. The van der Waals surface area contributed by atoms with E-state index < -0.39 is 17.8 Å². The lowest BCUT2D eigenvalue weighted by molar-refractivity contribution is -0.137. The van der Waals surface area contributed by atoms with Gasteiger partial charge in [0.25, 0.3) is 0 Å². The van der Waals surface area contributed by atoms with Gasteiger partial charge in [-0.25, -0.2) is 0 Å². The summed E-state index contributed by atoms with van der Waals surface area (Å²) < 4.78 is 36.5. The Balaban J connectivity index is 0.00000196. The molecular formula is C10H11ClF3N. The number of rotatable bonds is 2. The Hall–Kier alpha value is -1.00. The molecule has 1 unspecified atom stereocenters. The molecule has 2 N–H and O–H groups in total. The molecule has 0 spiro atoms. The standard InChI is InChI=1S/C10H10F3N.ClH/c1-2-9(14)7-3-5-8(6-4-7)10(11,12)13;/h2-6,9H,1,14H2;1H. The van der Waals surface area contributed by atoms with E-state index in [0.29, 0.717) is 5.56 Å². The van der Waals surface area contributed by atoms with Crippen LogP contribution in [0.25, 0.3) is 0 Å². The Kier molecular flexibility index (Phi) is 4.84. The van der Waals surface area contributed by atoms with E-state index in [1.165, 1.54) is 18.2 Å². The molecule has 5 heteroatoms. The van der Waals surface area contributed by atoms with Crippen LogP contribution < -0.4 is 5.73 Å². The maximum absolute atomic E-state index is 12.2. The molecule has 15 heavy (non-hydrogen) atoms. The van der Waals surface area contributed by atoms with Crippen molar-refractivity contribution < 1.29 is 13.2 Å². The van der Waals surface area contributed by atoms with Crippen LogP contribution in [0.5, 0.6) is 0 Å². The van der Waals surface area contributed by atoms with E-state index in [4.69, 9.17) is 5.73 Å². The van der Waals surface area contributed by atoms with Crippen LogP contribution in [0.15, 0.2) is 36.9 Å². The number of nitrogens with two attached hydrogens (primary N) is 1. The summed E-state index contributed by atoms with van der Waals surface area (Å²) in [4.78, 5) is 0. The van der Waals surface area contributed by atoms with E-state index in [9.17, 15) is 13.2 Å². The van der Waals surface area contributed by atoms with Crippen LogP contribution in [0, 0.1) is 0 Å². The second-order valence-corrected chi connectivity index (χ2v) is 2.88. The third kappa shape index (κ3) is 3.57. The summed E-state index contributed by atoms with van der Waals surface area (Å²) in [5.74, 6) is 0. The van der Waals surface area contributed by atoms with Gasteiger partial charge in [0.1, 0.15) is 0 Å². The molecule has 0 aliphatic rings. The van der Waals surface area contributed by atoms with Crippen LogP contribution in [0.2, 0.25) is 0 Å². The fraction of sp³-hybridized carbons (Fsp3) is 0.200.